The summed E-state index contributed by atoms with van der Waals surface area (Å²) in [5.74, 6) is 2.36. The van der Waals surface area contributed by atoms with Gasteiger partial charge in [0, 0.05) is 30.4 Å². The Hall–Kier alpha value is -2.46. The lowest BCUT2D eigenvalue weighted by Crippen LogP contribution is -2.29. The fourth-order valence-corrected chi connectivity index (χ4v) is 4.39. The Labute approximate surface area is 185 Å². The van der Waals surface area contributed by atoms with E-state index in [-0.39, 0.29) is 21.5 Å². The minimum Gasteiger partial charge on any atom is -0.369 e. The zero-order valence-electron chi connectivity index (χ0n) is 16.3. The molecule has 3 aromatic rings. The van der Waals surface area contributed by atoms with Gasteiger partial charge in [-0.15, -0.1) is 0 Å². The number of aryl methyl sites for hydroxylation is 2. The quantitative estimate of drug-likeness (QED) is 0.431. The van der Waals surface area contributed by atoms with Gasteiger partial charge in [0.2, 0.25) is 10.0 Å². The predicted octanol–water partition coefficient (Wildman–Crippen LogP) is 3.93. The molecule has 0 saturated heterocycles. The van der Waals surface area contributed by atoms with E-state index in [1.54, 1.807) is 19.2 Å². The van der Waals surface area contributed by atoms with Crippen molar-refractivity contribution in [3.05, 3.63) is 64.0 Å². The highest BCUT2D eigenvalue weighted by molar-refractivity contribution is 7.89. The maximum Gasteiger partial charge on any atom is 0.242 e. The second-order valence-electron chi connectivity index (χ2n) is 6.43. The number of hydrogen-bond donors (Lipinski definition) is 3. The molecule has 0 bridgehead atoms. The topological polar surface area (TPSA) is 109 Å². The highest BCUT2D eigenvalue weighted by Crippen LogP contribution is 2.24. The van der Waals surface area contributed by atoms with Gasteiger partial charge in [-0.05, 0) is 49.7 Å². The van der Waals surface area contributed by atoms with Gasteiger partial charge in [-0.3, -0.25) is 0 Å². The predicted molar refractivity (Wildman–Crippen MR) is 119 cm³/mol. The lowest BCUT2D eigenvalue weighted by atomic mass is 10.3. The SMILES string of the molecule is Cc1ccnc(Nc2cc(NCCNS(=O)(=O)c3cc(Cl)ccc3Cl)nc(C)n2)c1. The van der Waals surface area contributed by atoms with Gasteiger partial charge in [-0.1, -0.05) is 23.2 Å². The third kappa shape index (κ3) is 6.02. The van der Waals surface area contributed by atoms with Crippen LogP contribution in [-0.4, -0.2) is 36.5 Å². The Morgan fingerprint density at radius 3 is 2.47 bits per heavy atom. The van der Waals surface area contributed by atoms with Crippen LogP contribution in [0.15, 0.2) is 47.5 Å². The molecule has 2 heterocycles. The molecule has 0 fully saturated rings. The molecule has 0 aliphatic carbocycles. The van der Waals surface area contributed by atoms with E-state index in [4.69, 9.17) is 23.2 Å². The molecule has 11 heteroatoms. The van der Waals surface area contributed by atoms with Crippen molar-refractivity contribution < 1.29 is 8.42 Å². The van der Waals surface area contributed by atoms with E-state index in [1.807, 2.05) is 19.1 Å². The van der Waals surface area contributed by atoms with E-state index in [0.29, 0.717) is 29.8 Å². The summed E-state index contributed by atoms with van der Waals surface area (Å²) in [7, 11) is -3.79. The fraction of sp³-hybridized carbons (Fsp3) is 0.211. The van der Waals surface area contributed by atoms with Gasteiger partial charge in [-0.25, -0.2) is 28.1 Å². The summed E-state index contributed by atoms with van der Waals surface area (Å²) in [6, 6.07) is 9.81. The molecule has 0 aliphatic rings. The molecule has 0 aliphatic heterocycles. The van der Waals surface area contributed by atoms with E-state index < -0.39 is 10.0 Å². The molecule has 0 spiro atoms. The third-order valence-corrected chi connectivity index (χ3v) is 6.09. The summed E-state index contributed by atoms with van der Waals surface area (Å²) in [5, 5.41) is 6.60. The van der Waals surface area contributed by atoms with Crippen molar-refractivity contribution >= 4 is 50.7 Å². The van der Waals surface area contributed by atoms with Gasteiger partial charge in [0.05, 0.1) is 5.02 Å². The standard InChI is InChI=1S/C19H20Cl2N6O2S/c1-12-5-6-22-17(9-12)27-19-11-18(25-13(2)26-19)23-7-8-24-30(28,29)16-10-14(20)3-4-15(16)21/h3-6,9-11,24H,7-8H2,1-2H3,(H2,22,23,25,26,27). The van der Waals surface area contributed by atoms with Gasteiger partial charge >= 0.3 is 0 Å². The molecular weight excluding hydrogens is 447 g/mol. The number of halogens is 2. The molecule has 0 amide bonds. The number of rotatable bonds is 8. The van der Waals surface area contributed by atoms with Crippen molar-refractivity contribution in [2.24, 2.45) is 0 Å². The van der Waals surface area contributed by atoms with Crippen molar-refractivity contribution in [1.82, 2.24) is 19.7 Å². The van der Waals surface area contributed by atoms with Gasteiger partial charge in [0.15, 0.2) is 0 Å². The van der Waals surface area contributed by atoms with Gasteiger partial charge in [-0.2, -0.15) is 0 Å². The molecule has 0 saturated carbocycles. The van der Waals surface area contributed by atoms with Crippen LogP contribution in [0.4, 0.5) is 17.5 Å². The zero-order chi connectivity index (χ0) is 21.7. The maximum absolute atomic E-state index is 12.4. The number of sulfonamides is 1. The monoisotopic (exact) mass is 466 g/mol. The summed E-state index contributed by atoms with van der Waals surface area (Å²) in [6.07, 6.45) is 1.71. The normalized spacial score (nSPS) is 11.3. The molecule has 8 nitrogen and oxygen atoms in total. The smallest absolute Gasteiger partial charge is 0.242 e. The molecule has 158 valence electrons. The average molecular weight is 467 g/mol. The van der Waals surface area contributed by atoms with E-state index in [1.165, 1.54) is 18.2 Å². The lowest BCUT2D eigenvalue weighted by molar-refractivity contribution is 0.583. The van der Waals surface area contributed by atoms with E-state index in [9.17, 15) is 8.42 Å². The molecule has 3 N–H and O–H groups in total. The Bertz CT molecular complexity index is 1160. The van der Waals surface area contributed by atoms with Crippen LogP contribution in [0.3, 0.4) is 0 Å². The third-order valence-electron chi connectivity index (χ3n) is 3.92. The molecule has 2 aromatic heterocycles. The maximum atomic E-state index is 12.4. The minimum absolute atomic E-state index is 0.0633. The first-order chi connectivity index (χ1) is 14.2. The van der Waals surface area contributed by atoms with Gasteiger partial charge < -0.3 is 10.6 Å². The Morgan fingerprint density at radius 2 is 1.70 bits per heavy atom. The molecule has 30 heavy (non-hydrogen) atoms. The molecule has 0 radical (unpaired) electrons. The summed E-state index contributed by atoms with van der Waals surface area (Å²) < 4.78 is 27.3. The molecule has 0 unspecified atom stereocenters. The largest absolute Gasteiger partial charge is 0.369 e. The summed E-state index contributed by atoms with van der Waals surface area (Å²) >= 11 is 11.9. The Balaban J connectivity index is 1.61. The summed E-state index contributed by atoms with van der Waals surface area (Å²) in [5.41, 5.74) is 1.07. The van der Waals surface area contributed by atoms with Crippen molar-refractivity contribution in [2.75, 3.05) is 23.7 Å². The Morgan fingerprint density at radius 1 is 0.933 bits per heavy atom. The van der Waals surface area contributed by atoms with Crippen molar-refractivity contribution in [3.8, 4) is 0 Å². The zero-order valence-corrected chi connectivity index (χ0v) is 18.6. The van der Waals surface area contributed by atoms with Crippen molar-refractivity contribution in [3.63, 3.8) is 0 Å². The van der Waals surface area contributed by atoms with E-state index >= 15 is 0 Å². The minimum atomic E-state index is -3.79. The number of nitrogens with zero attached hydrogens (tertiary/aromatic N) is 3. The van der Waals surface area contributed by atoms with Crippen LogP contribution in [0.25, 0.3) is 0 Å². The number of pyridine rings is 1. The van der Waals surface area contributed by atoms with E-state index in [2.05, 4.69) is 30.3 Å². The van der Waals surface area contributed by atoms with Crippen LogP contribution in [0.2, 0.25) is 10.0 Å². The van der Waals surface area contributed by atoms with Crippen LogP contribution < -0.4 is 15.4 Å². The number of benzene rings is 1. The average Bonchev–Trinajstić information content (AvgIpc) is 2.67. The van der Waals surface area contributed by atoms with Crippen LogP contribution in [0, 0.1) is 13.8 Å². The van der Waals surface area contributed by atoms with E-state index in [0.717, 1.165) is 5.56 Å². The second kappa shape index (κ2) is 9.57. The number of aromatic nitrogens is 3. The number of hydrogen-bond acceptors (Lipinski definition) is 7. The van der Waals surface area contributed by atoms with Crippen molar-refractivity contribution in [2.45, 2.75) is 18.7 Å². The fourth-order valence-electron chi connectivity index (χ4n) is 2.59. The van der Waals surface area contributed by atoms with Crippen LogP contribution in [0.5, 0.6) is 0 Å². The summed E-state index contributed by atoms with van der Waals surface area (Å²) in [4.78, 5) is 12.8. The first-order valence-electron chi connectivity index (χ1n) is 8.97. The lowest BCUT2D eigenvalue weighted by Gasteiger charge is -2.11. The molecule has 1 aromatic carbocycles. The molecule has 3 rings (SSSR count). The van der Waals surface area contributed by atoms with Crippen molar-refractivity contribution in [1.29, 1.82) is 0 Å². The van der Waals surface area contributed by atoms with Gasteiger partial charge in [0.25, 0.3) is 0 Å². The van der Waals surface area contributed by atoms with Crippen LogP contribution >= 0.6 is 23.2 Å². The number of anilines is 3. The molecule has 0 atom stereocenters. The second-order valence-corrected chi connectivity index (χ2v) is 9.01. The van der Waals surface area contributed by atoms with Gasteiger partial charge in [0.1, 0.15) is 28.2 Å². The van der Waals surface area contributed by atoms with Crippen LogP contribution in [0.1, 0.15) is 11.4 Å². The first kappa shape index (κ1) is 22.2. The number of nitrogens with one attached hydrogen (secondary N) is 3. The summed E-state index contributed by atoms with van der Waals surface area (Å²) in [6.45, 7) is 4.17. The highest BCUT2D eigenvalue weighted by atomic mass is 35.5. The highest BCUT2D eigenvalue weighted by Gasteiger charge is 2.17. The van der Waals surface area contributed by atoms with Crippen LogP contribution in [-0.2, 0) is 10.0 Å². The molecular formula is C19H20Cl2N6O2S. The first-order valence-corrected chi connectivity index (χ1v) is 11.2. The Kier molecular flexibility index (Phi) is 7.09.